The highest BCUT2D eigenvalue weighted by atomic mass is 32.2. The van der Waals surface area contributed by atoms with Crippen molar-refractivity contribution in [2.45, 2.75) is 58.8 Å². The van der Waals surface area contributed by atoms with Crippen LogP contribution in [0.2, 0.25) is 0 Å². The lowest BCUT2D eigenvalue weighted by molar-refractivity contribution is -0.117. The second kappa shape index (κ2) is 12.9. The Morgan fingerprint density at radius 1 is 0.825 bits per heavy atom. The first-order valence-electron chi connectivity index (χ1n) is 13.7. The summed E-state index contributed by atoms with van der Waals surface area (Å²) in [5, 5.41) is 8.04. The predicted octanol–water partition coefficient (Wildman–Crippen LogP) is 7.13. The first-order chi connectivity index (χ1) is 19.2. The predicted molar refractivity (Wildman–Crippen MR) is 164 cm³/mol. The Morgan fingerprint density at radius 2 is 1.48 bits per heavy atom. The number of rotatable bonds is 12. The van der Waals surface area contributed by atoms with Crippen LogP contribution in [0, 0.1) is 0 Å². The van der Waals surface area contributed by atoms with Crippen LogP contribution in [0.3, 0.4) is 0 Å². The van der Waals surface area contributed by atoms with Gasteiger partial charge in [-0.1, -0.05) is 57.2 Å². The molecule has 4 rings (SSSR count). The van der Waals surface area contributed by atoms with Crippen LogP contribution in [0.5, 0.6) is 0 Å². The minimum atomic E-state index is -3.79. The van der Waals surface area contributed by atoms with Crippen LogP contribution in [-0.2, 0) is 19.6 Å². The fourth-order valence-electron chi connectivity index (χ4n) is 4.81. The number of aromatic nitrogens is 1. The first kappa shape index (κ1) is 29.0. The van der Waals surface area contributed by atoms with Crippen molar-refractivity contribution in [3.05, 3.63) is 66.7 Å². The van der Waals surface area contributed by atoms with Crippen molar-refractivity contribution in [1.29, 1.82) is 0 Å². The van der Waals surface area contributed by atoms with Gasteiger partial charge in [-0.3, -0.25) is 9.59 Å². The minimum absolute atomic E-state index is 0.160. The average molecular weight is 561 g/mol. The topological polar surface area (TPSA) is 108 Å². The largest absolute Gasteiger partial charge is 0.354 e. The molecule has 0 spiro atoms. The molecule has 0 fully saturated rings. The van der Waals surface area contributed by atoms with E-state index in [4.69, 9.17) is 4.98 Å². The number of benzene rings is 3. The Balaban J connectivity index is 1.59. The van der Waals surface area contributed by atoms with Crippen molar-refractivity contribution in [3.63, 3.8) is 0 Å². The molecule has 40 heavy (non-hydrogen) atoms. The minimum Gasteiger partial charge on any atom is -0.354 e. The summed E-state index contributed by atoms with van der Waals surface area (Å²) < 4.78 is 26.0. The van der Waals surface area contributed by atoms with E-state index >= 15 is 0 Å². The van der Waals surface area contributed by atoms with Gasteiger partial charge in [0.25, 0.3) is 0 Å². The second-order valence-corrected chi connectivity index (χ2v) is 11.9. The number of unbranched alkanes of at least 4 members (excludes halogenated alkanes) is 5. The van der Waals surface area contributed by atoms with E-state index in [1.54, 1.807) is 24.3 Å². The number of anilines is 4. The lowest BCUT2D eigenvalue weighted by Gasteiger charge is -2.21. The zero-order valence-corrected chi connectivity index (χ0v) is 24.1. The van der Waals surface area contributed by atoms with Crippen molar-refractivity contribution >= 4 is 66.4 Å². The maximum Gasteiger partial charge on any atom is 0.240 e. The number of hydrogen-bond donors (Lipinski definition) is 2. The zero-order chi connectivity index (χ0) is 28.7. The maximum atomic E-state index is 12.9. The average Bonchev–Trinajstić information content (AvgIpc) is 2.90. The summed E-state index contributed by atoms with van der Waals surface area (Å²) >= 11 is 0. The van der Waals surface area contributed by atoms with E-state index in [9.17, 15) is 18.0 Å². The molecule has 0 aliphatic heterocycles. The van der Waals surface area contributed by atoms with E-state index in [1.165, 1.54) is 13.3 Å². The van der Waals surface area contributed by atoms with Gasteiger partial charge in [-0.15, -0.1) is 0 Å². The van der Waals surface area contributed by atoms with Gasteiger partial charge in [0.1, 0.15) is 0 Å². The zero-order valence-electron chi connectivity index (χ0n) is 23.2. The molecule has 0 saturated carbocycles. The monoisotopic (exact) mass is 560 g/mol. The summed E-state index contributed by atoms with van der Waals surface area (Å²) in [6.07, 6.45) is 7.33. The fourth-order valence-corrected chi connectivity index (χ4v) is 5.78. The van der Waals surface area contributed by atoms with Crippen molar-refractivity contribution in [1.82, 2.24) is 4.98 Å². The van der Waals surface area contributed by atoms with Crippen LogP contribution in [0.25, 0.3) is 21.8 Å². The van der Waals surface area contributed by atoms with Crippen LogP contribution >= 0.6 is 0 Å². The van der Waals surface area contributed by atoms with E-state index < -0.39 is 15.9 Å². The third kappa shape index (κ3) is 7.15. The molecule has 1 heterocycles. The number of hydrogen-bond acceptors (Lipinski definition) is 6. The van der Waals surface area contributed by atoms with Gasteiger partial charge in [0, 0.05) is 35.5 Å². The van der Waals surface area contributed by atoms with Crippen molar-refractivity contribution in [2.24, 2.45) is 0 Å². The number of nitrogens with zero attached hydrogens (tertiary/aromatic N) is 2. The molecule has 8 nitrogen and oxygen atoms in total. The Bertz CT molecular complexity index is 1620. The normalized spacial score (nSPS) is 11.5. The quantitative estimate of drug-likeness (QED) is 0.141. The standard InChI is InChI=1S/C31H36N4O4S/c1-4-5-6-7-8-9-14-30(37)35(40(3,38)39)25-18-15-23(16-19-25)33-31-26-12-10-11-13-28(26)34-29-21-24(32-22(2)36)17-20-27(29)31/h10-13,15-21H,4-9,14H2,1-3H3,(H,32,36)(H,33,34). The number of sulfonamides is 1. The van der Waals surface area contributed by atoms with Gasteiger partial charge in [-0.2, -0.15) is 0 Å². The number of carbonyl (C=O) groups is 2. The summed E-state index contributed by atoms with van der Waals surface area (Å²) in [6.45, 7) is 3.61. The molecule has 0 aliphatic rings. The van der Waals surface area contributed by atoms with Crippen LogP contribution in [0.4, 0.5) is 22.7 Å². The van der Waals surface area contributed by atoms with Crippen molar-refractivity contribution in [2.75, 3.05) is 21.2 Å². The van der Waals surface area contributed by atoms with E-state index in [2.05, 4.69) is 17.6 Å². The molecule has 2 N–H and O–H groups in total. The molecule has 2 amide bonds. The van der Waals surface area contributed by atoms with E-state index in [-0.39, 0.29) is 12.3 Å². The van der Waals surface area contributed by atoms with Crippen LogP contribution in [0.1, 0.15) is 58.8 Å². The number of amides is 2. The Hall–Kier alpha value is -3.98. The maximum absolute atomic E-state index is 12.9. The van der Waals surface area contributed by atoms with E-state index in [0.29, 0.717) is 23.3 Å². The molecule has 1 aromatic heterocycles. The van der Waals surface area contributed by atoms with Gasteiger partial charge in [-0.05, 0) is 55.0 Å². The van der Waals surface area contributed by atoms with Crippen molar-refractivity contribution < 1.29 is 18.0 Å². The number of nitrogens with one attached hydrogen (secondary N) is 2. The summed E-state index contributed by atoms with van der Waals surface area (Å²) in [7, 11) is -3.79. The number of fused-ring (bicyclic) bond motifs is 2. The number of para-hydroxylation sites is 1. The highest BCUT2D eigenvalue weighted by Crippen LogP contribution is 2.35. The van der Waals surface area contributed by atoms with Gasteiger partial charge in [0.15, 0.2) is 0 Å². The number of pyridine rings is 1. The molecule has 0 saturated heterocycles. The smallest absolute Gasteiger partial charge is 0.240 e. The Labute approximate surface area is 235 Å². The van der Waals surface area contributed by atoms with Gasteiger partial charge in [0.2, 0.25) is 21.8 Å². The number of carbonyl (C=O) groups excluding carboxylic acids is 2. The summed E-state index contributed by atoms with van der Waals surface area (Å²) in [5.41, 5.74) is 4.04. The third-order valence-corrected chi connectivity index (χ3v) is 7.75. The van der Waals surface area contributed by atoms with E-state index in [0.717, 1.165) is 63.9 Å². The molecule has 9 heteroatoms. The second-order valence-electron chi connectivity index (χ2n) is 10.0. The lowest BCUT2D eigenvalue weighted by Crippen LogP contribution is -2.36. The Kier molecular flexibility index (Phi) is 9.37. The van der Waals surface area contributed by atoms with Crippen LogP contribution in [-0.4, -0.2) is 31.5 Å². The molecular weight excluding hydrogens is 524 g/mol. The lowest BCUT2D eigenvalue weighted by atomic mass is 10.1. The van der Waals surface area contributed by atoms with E-state index in [1.807, 2.05) is 42.5 Å². The molecule has 0 unspecified atom stereocenters. The molecule has 0 atom stereocenters. The SMILES string of the molecule is CCCCCCCCC(=O)N(c1ccc(Nc2c3ccccc3nc3cc(NC(C)=O)ccc23)cc1)S(C)(=O)=O. The molecule has 0 aliphatic carbocycles. The fraction of sp³-hybridized carbons (Fsp3) is 0.323. The Morgan fingerprint density at radius 3 is 2.17 bits per heavy atom. The summed E-state index contributed by atoms with van der Waals surface area (Å²) in [6, 6.07) is 20.1. The highest BCUT2D eigenvalue weighted by Gasteiger charge is 2.24. The van der Waals surface area contributed by atoms with Gasteiger partial charge in [-0.25, -0.2) is 17.7 Å². The van der Waals surface area contributed by atoms with Gasteiger partial charge < -0.3 is 10.6 Å². The van der Waals surface area contributed by atoms with Gasteiger partial charge >= 0.3 is 0 Å². The molecule has 0 bridgehead atoms. The van der Waals surface area contributed by atoms with Crippen LogP contribution < -0.4 is 14.9 Å². The van der Waals surface area contributed by atoms with Gasteiger partial charge in [0.05, 0.1) is 28.7 Å². The molecule has 3 aromatic carbocycles. The highest BCUT2D eigenvalue weighted by molar-refractivity contribution is 7.92. The molecule has 210 valence electrons. The molecular formula is C31H36N4O4S. The molecule has 0 radical (unpaired) electrons. The van der Waals surface area contributed by atoms with Crippen molar-refractivity contribution in [3.8, 4) is 0 Å². The molecule has 4 aromatic rings. The van der Waals surface area contributed by atoms with Crippen LogP contribution in [0.15, 0.2) is 66.7 Å². The first-order valence-corrected chi connectivity index (χ1v) is 15.5. The summed E-state index contributed by atoms with van der Waals surface area (Å²) in [5.74, 6) is -0.577. The summed E-state index contributed by atoms with van der Waals surface area (Å²) in [4.78, 5) is 29.3. The third-order valence-electron chi connectivity index (χ3n) is 6.68.